The Morgan fingerprint density at radius 2 is 1.94 bits per heavy atom. The van der Waals surface area contributed by atoms with Crippen LogP contribution in [0.5, 0.6) is 11.5 Å². The normalized spacial score (nSPS) is 10.2. The van der Waals surface area contributed by atoms with Crippen LogP contribution < -0.4 is 9.47 Å². The van der Waals surface area contributed by atoms with Crippen LogP contribution in [-0.4, -0.2) is 7.11 Å². The number of hydrogen-bond donors (Lipinski definition) is 0. The molecule has 2 aromatic carbocycles. The second-order valence-corrected chi connectivity index (χ2v) is 4.62. The highest BCUT2D eigenvalue weighted by Crippen LogP contribution is 2.21. The van der Waals surface area contributed by atoms with Gasteiger partial charge in [-0.05, 0) is 30.3 Å². The topological polar surface area (TPSA) is 18.5 Å². The predicted octanol–water partition coefficient (Wildman–Crippen LogP) is 4.18. The van der Waals surface area contributed by atoms with Gasteiger partial charge in [0.25, 0.3) is 0 Å². The van der Waals surface area contributed by atoms with E-state index >= 15 is 0 Å². The summed E-state index contributed by atoms with van der Waals surface area (Å²) in [6, 6.07) is 12.1. The van der Waals surface area contributed by atoms with Gasteiger partial charge in [0.2, 0.25) is 0 Å². The molecule has 0 radical (unpaired) electrons. The van der Waals surface area contributed by atoms with Crippen LogP contribution in [0.3, 0.4) is 0 Å². The maximum atomic E-state index is 13.6. The Balaban J connectivity index is 2.06. The molecule has 0 bridgehead atoms. The van der Waals surface area contributed by atoms with E-state index in [2.05, 4.69) is 15.9 Å². The fourth-order valence-corrected chi connectivity index (χ4v) is 1.87. The first-order valence-corrected chi connectivity index (χ1v) is 6.19. The lowest BCUT2D eigenvalue weighted by Crippen LogP contribution is -1.99. The SMILES string of the molecule is COc1ccc(COc2cccc(Br)c2)c(F)c1. The summed E-state index contributed by atoms with van der Waals surface area (Å²) in [6.45, 7) is 0.187. The van der Waals surface area contributed by atoms with Gasteiger partial charge < -0.3 is 9.47 Å². The summed E-state index contributed by atoms with van der Waals surface area (Å²) >= 11 is 3.35. The summed E-state index contributed by atoms with van der Waals surface area (Å²) in [7, 11) is 1.51. The minimum absolute atomic E-state index is 0.187. The lowest BCUT2D eigenvalue weighted by atomic mass is 10.2. The third kappa shape index (κ3) is 3.23. The van der Waals surface area contributed by atoms with E-state index in [4.69, 9.17) is 9.47 Å². The molecule has 0 saturated heterocycles. The molecule has 0 aliphatic heterocycles. The maximum Gasteiger partial charge on any atom is 0.133 e. The monoisotopic (exact) mass is 310 g/mol. The van der Waals surface area contributed by atoms with Gasteiger partial charge in [-0.1, -0.05) is 22.0 Å². The number of methoxy groups -OCH3 is 1. The molecule has 2 nitrogen and oxygen atoms in total. The summed E-state index contributed by atoms with van der Waals surface area (Å²) in [4.78, 5) is 0. The lowest BCUT2D eigenvalue weighted by molar-refractivity contribution is 0.299. The molecule has 0 unspecified atom stereocenters. The molecule has 0 N–H and O–H groups in total. The Labute approximate surface area is 113 Å². The zero-order valence-corrected chi connectivity index (χ0v) is 11.4. The summed E-state index contributed by atoms with van der Waals surface area (Å²) in [6.07, 6.45) is 0. The zero-order valence-electron chi connectivity index (χ0n) is 9.82. The Bertz CT molecular complexity index is 543. The number of benzene rings is 2. The number of rotatable bonds is 4. The molecule has 0 aliphatic rings. The van der Waals surface area contributed by atoms with E-state index in [9.17, 15) is 4.39 Å². The number of halogens is 2. The largest absolute Gasteiger partial charge is 0.497 e. The van der Waals surface area contributed by atoms with Crippen molar-refractivity contribution in [2.24, 2.45) is 0 Å². The van der Waals surface area contributed by atoms with Gasteiger partial charge in [0.05, 0.1) is 7.11 Å². The fourth-order valence-electron chi connectivity index (χ4n) is 1.49. The standard InChI is InChI=1S/C14H12BrFO2/c1-17-12-6-5-10(14(16)8-12)9-18-13-4-2-3-11(15)7-13/h2-8H,9H2,1H3. The van der Waals surface area contributed by atoms with Crippen LogP contribution in [0, 0.1) is 5.82 Å². The highest BCUT2D eigenvalue weighted by atomic mass is 79.9. The second kappa shape index (κ2) is 5.87. The predicted molar refractivity (Wildman–Crippen MR) is 71.4 cm³/mol. The maximum absolute atomic E-state index is 13.6. The fraction of sp³-hybridized carbons (Fsp3) is 0.143. The van der Waals surface area contributed by atoms with Gasteiger partial charge in [0, 0.05) is 16.1 Å². The molecule has 18 heavy (non-hydrogen) atoms. The van der Waals surface area contributed by atoms with Crippen molar-refractivity contribution >= 4 is 15.9 Å². The van der Waals surface area contributed by atoms with E-state index in [0.717, 1.165) is 4.47 Å². The minimum Gasteiger partial charge on any atom is -0.497 e. The van der Waals surface area contributed by atoms with Crippen molar-refractivity contribution in [2.45, 2.75) is 6.61 Å². The molecule has 2 rings (SSSR count). The third-order valence-corrected chi connectivity index (χ3v) is 2.94. The van der Waals surface area contributed by atoms with E-state index in [1.165, 1.54) is 13.2 Å². The first-order chi connectivity index (χ1) is 8.69. The highest BCUT2D eigenvalue weighted by Gasteiger charge is 2.05. The van der Waals surface area contributed by atoms with Crippen molar-refractivity contribution in [3.05, 3.63) is 58.3 Å². The van der Waals surface area contributed by atoms with Crippen LogP contribution in [0.2, 0.25) is 0 Å². The minimum atomic E-state index is -0.329. The summed E-state index contributed by atoms with van der Waals surface area (Å²) in [5.41, 5.74) is 0.496. The molecule has 4 heteroatoms. The van der Waals surface area contributed by atoms with Gasteiger partial charge in [-0.3, -0.25) is 0 Å². The average Bonchev–Trinajstić information content (AvgIpc) is 2.37. The Morgan fingerprint density at radius 3 is 2.61 bits per heavy atom. The van der Waals surface area contributed by atoms with E-state index in [0.29, 0.717) is 17.1 Å². The third-order valence-electron chi connectivity index (χ3n) is 2.45. The molecule has 0 atom stereocenters. The summed E-state index contributed by atoms with van der Waals surface area (Å²) in [5, 5.41) is 0. The zero-order chi connectivity index (χ0) is 13.0. The Hall–Kier alpha value is -1.55. The second-order valence-electron chi connectivity index (χ2n) is 3.70. The van der Waals surface area contributed by atoms with Crippen LogP contribution in [-0.2, 0) is 6.61 Å². The highest BCUT2D eigenvalue weighted by molar-refractivity contribution is 9.10. The van der Waals surface area contributed by atoms with Crippen LogP contribution in [0.15, 0.2) is 46.9 Å². The van der Waals surface area contributed by atoms with Crippen molar-refractivity contribution in [2.75, 3.05) is 7.11 Å². The van der Waals surface area contributed by atoms with E-state index in [1.54, 1.807) is 12.1 Å². The van der Waals surface area contributed by atoms with Gasteiger partial charge in [0.1, 0.15) is 23.9 Å². The van der Waals surface area contributed by atoms with Gasteiger partial charge >= 0.3 is 0 Å². The van der Waals surface area contributed by atoms with Crippen molar-refractivity contribution < 1.29 is 13.9 Å². The van der Waals surface area contributed by atoms with Crippen molar-refractivity contribution in [3.8, 4) is 11.5 Å². The molecule has 0 aliphatic carbocycles. The molecule has 0 heterocycles. The molecule has 0 spiro atoms. The van der Waals surface area contributed by atoms with Gasteiger partial charge in [-0.15, -0.1) is 0 Å². The van der Waals surface area contributed by atoms with Gasteiger partial charge in [0.15, 0.2) is 0 Å². The van der Waals surface area contributed by atoms with Gasteiger partial charge in [-0.25, -0.2) is 4.39 Å². The quantitative estimate of drug-likeness (QED) is 0.843. The van der Waals surface area contributed by atoms with Crippen LogP contribution in [0.25, 0.3) is 0 Å². The van der Waals surface area contributed by atoms with Crippen molar-refractivity contribution in [3.63, 3.8) is 0 Å². The molecule has 0 fully saturated rings. The van der Waals surface area contributed by atoms with Crippen LogP contribution in [0.1, 0.15) is 5.56 Å². The first kappa shape index (κ1) is 12.9. The summed E-state index contributed by atoms with van der Waals surface area (Å²) < 4.78 is 25.0. The van der Waals surface area contributed by atoms with E-state index in [1.807, 2.05) is 24.3 Å². The summed E-state index contributed by atoms with van der Waals surface area (Å²) in [5.74, 6) is 0.864. The van der Waals surface area contributed by atoms with Crippen LogP contribution >= 0.6 is 15.9 Å². The van der Waals surface area contributed by atoms with Crippen molar-refractivity contribution in [1.29, 1.82) is 0 Å². The molecular formula is C14H12BrFO2. The van der Waals surface area contributed by atoms with Crippen molar-refractivity contribution in [1.82, 2.24) is 0 Å². The smallest absolute Gasteiger partial charge is 0.133 e. The molecule has 0 saturated carbocycles. The van der Waals surface area contributed by atoms with E-state index in [-0.39, 0.29) is 12.4 Å². The lowest BCUT2D eigenvalue weighted by Gasteiger charge is -2.08. The van der Waals surface area contributed by atoms with Gasteiger partial charge in [-0.2, -0.15) is 0 Å². The molecule has 94 valence electrons. The molecule has 0 amide bonds. The average molecular weight is 311 g/mol. The van der Waals surface area contributed by atoms with Crippen LogP contribution in [0.4, 0.5) is 4.39 Å². The van der Waals surface area contributed by atoms with E-state index < -0.39 is 0 Å². The molecule has 0 aromatic heterocycles. The number of ether oxygens (including phenoxy) is 2. The molecular weight excluding hydrogens is 299 g/mol. The Kier molecular flexibility index (Phi) is 4.20. The number of hydrogen-bond acceptors (Lipinski definition) is 2. The Morgan fingerprint density at radius 1 is 1.11 bits per heavy atom. The molecule has 2 aromatic rings. The first-order valence-electron chi connectivity index (χ1n) is 5.40.